The van der Waals surface area contributed by atoms with Gasteiger partial charge < -0.3 is 10.6 Å². The third-order valence-electron chi connectivity index (χ3n) is 5.85. The molecule has 0 fully saturated rings. The number of anilines is 2. The Morgan fingerprint density at radius 2 is 1.67 bits per heavy atom. The highest BCUT2D eigenvalue weighted by molar-refractivity contribution is 6.06. The van der Waals surface area contributed by atoms with Crippen LogP contribution in [0.25, 0.3) is 10.9 Å². The van der Waals surface area contributed by atoms with Crippen LogP contribution in [0.1, 0.15) is 62.1 Å². The molecule has 0 saturated carbocycles. The maximum Gasteiger partial charge on any atom is 0.261 e. The van der Waals surface area contributed by atoms with E-state index in [-0.39, 0.29) is 23.3 Å². The number of aryl methyl sites for hydroxylation is 1. The molecule has 2 heterocycles. The number of hydrogen-bond donors (Lipinski definition) is 2. The molecule has 2 aromatic carbocycles. The molecule has 0 unspecified atom stereocenters. The largest absolute Gasteiger partial charge is 0.326 e. The molecule has 1 aromatic heterocycles. The number of carbonyl (C=O) groups excluding carboxylic acids is 2. The van der Waals surface area contributed by atoms with E-state index in [4.69, 9.17) is 4.98 Å². The molecule has 0 spiro atoms. The second-order valence-electron chi connectivity index (χ2n) is 9.06. The summed E-state index contributed by atoms with van der Waals surface area (Å²) in [7, 11) is 0. The summed E-state index contributed by atoms with van der Waals surface area (Å²) in [6.07, 6.45) is 5.53. The van der Waals surface area contributed by atoms with Gasteiger partial charge in [-0.2, -0.15) is 0 Å². The monoisotopic (exact) mass is 446 g/mol. The van der Waals surface area contributed by atoms with E-state index in [1.807, 2.05) is 13.8 Å². The highest BCUT2D eigenvalue weighted by Crippen LogP contribution is 2.19. The standard InChI is InChI=1S/C26H30N4O3/c1-17(2)15-24(31)27-19-9-11-20(12-10-19)28-25(32)18-8-13-21-22(16-18)29-23-7-5-3-4-6-14-30(23)26(21)33/h8-13,16-17H,3-7,14-15H2,1-2H3,(H,27,31)(H,28,32). The third-order valence-corrected chi connectivity index (χ3v) is 5.85. The molecule has 4 rings (SSSR count). The minimum Gasteiger partial charge on any atom is -0.326 e. The van der Waals surface area contributed by atoms with Crippen molar-refractivity contribution >= 4 is 34.1 Å². The van der Waals surface area contributed by atoms with Crippen molar-refractivity contribution in [1.29, 1.82) is 0 Å². The van der Waals surface area contributed by atoms with Crippen LogP contribution in [-0.2, 0) is 17.8 Å². The first-order valence-electron chi connectivity index (χ1n) is 11.7. The van der Waals surface area contributed by atoms with E-state index in [0.717, 1.165) is 37.9 Å². The Hall–Kier alpha value is -3.48. The minimum atomic E-state index is -0.276. The Morgan fingerprint density at radius 3 is 2.39 bits per heavy atom. The first kappa shape index (κ1) is 22.7. The molecular formula is C26H30N4O3. The number of aromatic nitrogens is 2. The minimum absolute atomic E-state index is 0.0287. The van der Waals surface area contributed by atoms with Gasteiger partial charge in [-0.1, -0.05) is 26.7 Å². The average Bonchev–Trinajstić information content (AvgIpc) is 2.75. The molecule has 33 heavy (non-hydrogen) atoms. The van der Waals surface area contributed by atoms with Gasteiger partial charge in [-0.15, -0.1) is 0 Å². The lowest BCUT2D eigenvalue weighted by Crippen LogP contribution is -2.26. The SMILES string of the molecule is CC(C)CC(=O)Nc1ccc(NC(=O)c2ccc3c(=O)n4c(nc3c2)CCCCCC4)cc1. The lowest BCUT2D eigenvalue weighted by Gasteiger charge is -2.16. The van der Waals surface area contributed by atoms with Crippen molar-refractivity contribution in [3.63, 3.8) is 0 Å². The summed E-state index contributed by atoms with van der Waals surface area (Å²) in [5.41, 5.74) is 2.28. The third kappa shape index (κ3) is 5.48. The van der Waals surface area contributed by atoms with Crippen molar-refractivity contribution < 1.29 is 9.59 Å². The molecular weight excluding hydrogens is 416 g/mol. The number of nitrogens with zero attached hydrogens (tertiary/aromatic N) is 2. The molecule has 2 N–H and O–H groups in total. The van der Waals surface area contributed by atoms with Gasteiger partial charge in [-0.05, 0) is 61.2 Å². The van der Waals surface area contributed by atoms with Gasteiger partial charge in [0.25, 0.3) is 11.5 Å². The second kappa shape index (κ2) is 9.98. The van der Waals surface area contributed by atoms with Crippen molar-refractivity contribution in [3.8, 4) is 0 Å². The van der Waals surface area contributed by atoms with Crippen molar-refractivity contribution in [2.45, 2.75) is 58.9 Å². The maximum atomic E-state index is 13.0. The molecule has 2 amide bonds. The van der Waals surface area contributed by atoms with Gasteiger partial charge in [0.15, 0.2) is 0 Å². The second-order valence-corrected chi connectivity index (χ2v) is 9.06. The zero-order valence-electron chi connectivity index (χ0n) is 19.2. The van der Waals surface area contributed by atoms with Crippen LogP contribution in [-0.4, -0.2) is 21.4 Å². The van der Waals surface area contributed by atoms with Gasteiger partial charge in [-0.3, -0.25) is 19.0 Å². The van der Waals surface area contributed by atoms with Gasteiger partial charge in [0, 0.05) is 36.3 Å². The molecule has 3 aromatic rings. The smallest absolute Gasteiger partial charge is 0.261 e. The Labute approximate surface area is 193 Å². The van der Waals surface area contributed by atoms with Crippen molar-refractivity contribution in [3.05, 3.63) is 64.2 Å². The van der Waals surface area contributed by atoms with Crippen LogP contribution in [0, 0.1) is 5.92 Å². The molecule has 172 valence electrons. The molecule has 7 nitrogen and oxygen atoms in total. The van der Waals surface area contributed by atoms with Crippen molar-refractivity contribution in [2.75, 3.05) is 10.6 Å². The predicted octanol–water partition coefficient (Wildman–Crippen LogP) is 4.75. The fourth-order valence-electron chi connectivity index (χ4n) is 4.16. The fraction of sp³-hybridized carbons (Fsp3) is 0.385. The lowest BCUT2D eigenvalue weighted by atomic mass is 10.1. The van der Waals surface area contributed by atoms with Crippen molar-refractivity contribution in [2.24, 2.45) is 5.92 Å². The Balaban J connectivity index is 1.50. The van der Waals surface area contributed by atoms with Gasteiger partial charge in [0.1, 0.15) is 5.82 Å². The fourth-order valence-corrected chi connectivity index (χ4v) is 4.16. The number of carbonyl (C=O) groups is 2. The highest BCUT2D eigenvalue weighted by Gasteiger charge is 2.15. The predicted molar refractivity (Wildman–Crippen MR) is 131 cm³/mol. The van der Waals surface area contributed by atoms with Crippen LogP contribution in [0.3, 0.4) is 0 Å². The zero-order valence-corrected chi connectivity index (χ0v) is 19.2. The summed E-state index contributed by atoms with van der Waals surface area (Å²) < 4.78 is 1.79. The van der Waals surface area contributed by atoms with Gasteiger partial charge in [0.2, 0.25) is 5.91 Å². The summed E-state index contributed by atoms with van der Waals surface area (Å²) in [6, 6.07) is 12.1. The lowest BCUT2D eigenvalue weighted by molar-refractivity contribution is -0.116. The van der Waals surface area contributed by atoms with Crippen molar-refractivity contribution in [1.82, 2.24) is 9.55 Å². The number of amides is 2. The summed E-state index contributed by atoms with van der Waals surface area (Å²) in [5.74, 6) is 0.785. The number of hydrogen-bond acceptors (Lipinski definition) is 4. The quantitative estimate of drug-likeness (QED) is 0.591. The summed E-state index contributed by atoms with van der Waals surface area (Å²) >= 11 is 0. The Morgan fingerprint density at radius 1 is 0.970 bits per heavy atom. The molecule has 0 aliphatic carbocycles. The van der Waals surface area contributed by atoms with Crippen LogP contribution >= 0.6 is 0 Å². The van der Waals surface area contributed by atoms with E-state index in [2.05, 4.69) is 10.6 Å². The first-order valence-corrected chi connectivity index (χ1v) is 11.7. The van der Waals surface area contributed by atoms with Gasteiger partial charge >= 0.3 is 0 Å². The molecule has 7 heteroatoms. The van der Waals surface area contributed by atoms with Gasteiger partial charge in [-0.25, -0.2) is 4.98 Å². The Kier molecular flexibility index (Phi) is 6.87. The molecule has 0 atom stereocenters. The molecule has 1 aliphatic rings. The molecule has 1 aliphatic heterocycles. The summed E-state index contributed by atoms with van der Waals surface area (Å²) in [6.45, 7) is 4.69. The van der Waals surface area contributed by atoms with E-state index in [1.165, 1.54) is 0 Å². The van der Waals surface area contributed by atoms with Crippen LogP contribution < -0.4 is 16.2 Å². The van der Waals surface area contributed by atoms with Crippen LogP contribution in [0.5, 0.6) is 0 Å². The molecule has 0 radical (unpaired) electrons. The number of benzene rings is 2. The van der Waals surface area contributed by atoms with E-state index in [0.29, 0.717) is 40.8 Å². The summed E-state index contributed by atoms with van der Waals surface area (Å²) in [4.78, 5) is 42.4. The molecule has 0 saturated heterocycles. The van der Waals surface area contributed by atoms with E-state index >= 15 is 0 Å². The van der Waals surface area contributed by atoms with Crippen LogP contribution in [0.4, 0.5) is 11.4 Å². The summed E-state index contributed by atoms with van der Waals surface area (Å²) in [5, 5.41) is 6.26. The zero-order chi connectivity index (χ0) is 23.4. The average molecular weight is 447 g/mol. The topological polar surface area (TPSA) is 93.1 Å². The van der Waals surface area contributed by atoms with E-state index < -0.39 is 0 Å². The highest BCUT2D eigenvalue weighted by atomic mass is 16.2. The Bertz CT molecular complexity index is 1230. The van der Waals surface area contributed by atoms with E-state index in [9.17, 15) is 14.4 Å². The number of fused-ring (bicyclic) bond motifs is 2. The number of nitrogens with one attached hydrogen (secondary N) is 2. The first-order chi connectivity index (χ1) is 15.9. The normalized spacial score (nSPS) is 13.8. The maximum absolute atomic E-state index is 13.0. The number of rotatable bonds is 5. The molecule has 0 bridgehead atoms. The van der Waals surface area contributed by atoms with Crippen LogP contribution in [0.2, 0.25) is 0 Å². The van der Waals surface area contributed by atoms with E-state index in [1.54, 1.807) is 47.0 Å². The van der Waals surface area contributed by atoms with Crippen LogP contribution in [0.15, 0.2) is 47.3 Å². The van der Waals surface area contributed by atoms with Gasteiger partial charge in [0.05, 0.1) is 10.9 Å².